The lowest BCUT2D eigenvalue weighted by atomic mass is 9.78. The second-order valence-corrected chi connectivity index (χ2v) is 9.32. The molecule has 0 fully saturated rings. The highest BCUT2D eigenvalue weighted by Crippen LogP contribution is 2.46. The molecule has 4 heterocycles. The molecule has 0 radical (unpaired) electrons. The number of aromatic nitrogens is 3. The van der Waals surface area contributed by atoms with Crippen LogP contribution in [-0.4, -0.2) is 38.4 Å². The Morgan fingerprint density at radius 2 is 1.79 bits per heavy atom. The smallest absolute Gasteiger partial charge is 0.383 e. The highest BCUT2D eigenvalue weighted by Gasteiger charge is 2.57. The number of nitrogen functional groups attached to an aromatic ring is 1. The van der Waals surface area contributed by atoms with Crippen molar-refractivity contribution in [3.8, 4) is 0 Å². The molecule has 38 heavy (non-hydrogen) atoms. The molecule has 0 saturated heterocycles. The largest absolute Gasteiger partial charge is 0.453 e. The van der Waals surface area contributed by atoms with Crippen molar-refractivity contribution in [2.24, 2.45) is 12.0 Å². The van der Waals surface area contributed by atoms with Gasteiger partial charge in [0.1, 0.15) is 40.6 Å². The van der Waals surface area contributed by atoms with Crippen molar-refractivity contribution in [3.63, 3.8) is 0 Å². The summed E-state index contributed by atoms with van der Waals surface area (Å²) in [7, 11) is 1.64. The normalized spacial score (nSPS) is 20.9. The Labute approximate surface area is 212 Å². The third-order valence-electron chi connectivity index (χ3n) is 6.84. The van der Waals surface area contributed by atoms with Crippen LogP contribution in [0, 0.1) is 5.82 Å². The van der Waals surface area contributed by atoms with Crippen LogP contribution in [0.15, 0.2) is 41.5 Å². The average molecular weight is 537 g/mol. The molecule has 200 valence electrons. The van der Waals surface area contributed by atoms with Crippen LogP contribution < -0.4 is 16.4 Å². The minimum atomic E-state index is -5.69. The number of nitrogens with one attached hydrogen (secondary N) is 2. The fraction of sp³-hybridized carbons (Fsp3) is 0.333. The fourth-order valence-corrected chi connectivity index (χ4v) is 4.68. The maximum atomic E-state index is 13.6. The molecule has 1 aromatic carbocycles. The van der Waals surface area contributed by atoms with Gasteiger partial charge in [-0.25, -0.2) is 19.4 Å². The Morgan fingerprint density at radius 3 is 2.45 bits per heavy atom. The molecule has 3 aromatic rings. The quantitative estimate of drug-likeness (QED) is 0.416. The third-order valence-corrected chi connectivity index (χ3v) is 6.84. The van der Waals surface area contributed by atoms with E-state index in [-0.39, 0.29) is 28.9 Å². The molecule has 2 aromatic heterocycles. The Hall–Kier alpha value is -4.10. The van der Waals surface area contributed by atoms with Crippen LogP contribution in [-0.2, 0) is 17.3 Å². The minimum Gasteiger partial charge on any atom is -0.383 e. The van der Waals surface area contributed by atoms with Crippen LogP contribution >= 0.6 is 0 Å². The molecule has 2 atom stereocenters. The number of carbonyl (C=O) groups excluding carboxylic acids is 1. The van der Waals surface area contributed by atoms with Crippen LogP contribution in [0.4, 0.5) is 43.8 Å². The van der Waals surface area contributed by atoms with E-state index in [1.807, 2.05) is 0 Å². The predicted octanol–water partition coefficient (Wildman–Crippen LogP) is 4.49. The second-order valence-electron chi connectivity index (χ2n) is 9.32. The molecule has 8 nitrogen and oxygen atoms in total. The average Bonchev–Trinajstić information content (AvgIpc) is 3.34. The summed E-state index contributed by atoms with van der Waals surface area (Å²) in [4.78, 5) is 26.1. The molecule has 0 spiro atoms. The van der Waals surface area contributed by atoms with Gasteiger partial charge in [-0.1, -0.05) is 12.1 Å². The first-order valence-corrected chi connectivity index (χ1v) is 11.4. The van der Waals surface area contributed by atoms with Gasteiger partial charge in [0.2, 0.25) is 5.91 Å². The van der Waals surface area contributed by atoms with E-state index in [0.29, 0.717) is 16.9 Å². The number of amides is 1. The molecule has 2 unspecified atom stereocenters. The highest BCUT2D eigenvalue weighted by atomic mass is 19.4. The van der Waals surface area contributed by atoms with Gasteiger partial charge in [0.05, 0.1) is 5.56 Å². The molecule has 4 N–H and O–H groups in total. The molecule has 0 aliphatic carbocycles. The van der Waals surface area contributed by atoms with Gasteiger partial charge in [0, 0.05) is 31.6 Å². The SMILES string of the molecule is Cn1ccc2c1N=C(CCC(F)(F)C(F)(F)F)NC2c1nc(N)c2c(n1)NC(=O)C2(C)c1ccc(F)cc1. The van der Waals surface area contributed by atoms with Crippen molar-refractivity contribution in [2.45, 2.75) is 43.3 Å². The molecule has 0 saturated carbocycles. The number of nitrogens with zero attached hydrogens (tertiary/aromatic N) is 4. The number of anilines is 2. The van der Waals surface area contributed by atoms with Crippen molar-refractivity contribution in [1.82, 2.24) is 19.9 Å². The summed E-state index contributed by atoms with van der Waals surface area (Å²) in [6.07, 6.45) is -6.26. The standard InChI is InChI=1S/C24H21F6N7O/c1-22(11-3-5-12(25)6-4-11)15-17(31)34-19(35-18(15)36-21(22)38)16-13-8-10-37(2)20(13)33-14(32-16)7-9-23(26,27)24(28,29)30/h3-6,8,10,16H,7,9H2,1-2H3,(H,32,33)(H3,31,34,35,36,38). The van der Waals surface area contributed by atoms with E-state index in [4.69, 9.17) is 5.73 Å². The lowest BCUT2D eigenvalue weighted by molar-refractivity contribution is -0.283. The van der Waals surface area contributed by atoms with Gasteiger partial charge in [-0.3, -0.25) is 4.79 Å². The number of benzene rings is 1. The zero-order valence-corrected chi connectivity index (χ0v) is 20.0. The Kier molecular flexibility index (Phi) is 5.69. The first kappa shape index (κ1) is 25.5. The molecule has 0 bridgehead atoms. The van der Waals surface area contributed by atoms with Crippen LogP contribution in [0.1, 0.15) is 48.3 Å². The number of alkyl halides is 5. The fourth-order valence-electron chi connectivity index (χ4n) is 4.68. The van der Waals surface area contributed by atoms with Crippen molar-refractivity contribution < 1.29 is 31.1 Å². The number of hydrogen-bond donors (Lipinski definition) is 3. The van der Waals surface area contributed by atoms with E-state index >= 15 is 0 Å². The van der Waals surface area contributed by atoms with E-state index in [1.54, 1.807) is 30.8 Å². The first-order chi connectivity index (χ1) is 17.7. The molecule has 14 heteroatoms. The summed E-state index contributed by atoms with van der Waals surface area (Å²) in [5, 5.41) is 5.52. The van der Waals surface area contributed by atoms with Crippen molar-refractivity contribution in [1.29, 1.82) is 0 Å². The second kappa shape index (κ2) is 8.46. The van der Waals surface area contributed by atoms with E-state index < -0.39 is 48.1 Å². The molecule has 1 amide bonds. The number of aryl methyl sites for hydroxylation is 1. The van der Waals surface area contributed by atoms with Gasteiger partial charge in [-0.2, -0.15) is 22.0 Å². The minimum absolute atomic E-state index is 0.0485. The number of rotatable bonds is 5. The summed E-state index contributed by atoms with van der Waals surface area (Å²) < 4.78 is 80.3. The van der Waals surface area contributed by atoms with E-state index in [1.165, 1.54) is 24.3 Å². The summed E-state index contributed by atoms with van der Waals surface area (Å²) in [6, 6.07) is 6.10. The summed E-state index contributed by atoms with van der Waals surface area (Å²) >= 11 is 0. The Balaban J connectivity index is 1.52. The maximum Gasteiger partial charge on any atom is 0.453 e. The predicted molar refractivity (Wildman–Crippen MR) is 126 cm³/mol. The van der Waals surface area contributed by atoms with Crippen molar-refractivity contribution in [2.75, 3.05) is 11.1 Å². The molecular weight excluding hydrogens is 516 g/mol. The zero-order valence-electron chi connectivity index (χ0n) is 20.0. The summed E-state index contributed by atoms with van der Waals surface area (Å²) in [6.45, 7) is 1.60. The van der Waals surface area contributed by atoms with Crippen LogP contribution in [0.2, 0.25) is 0 Å². The maximum absolute atomic E-state index is 13.6. The van der Waals surface area contributed by atoms with Gasteiger partial charge >= 0.3 is 12.1 Å². The van der Waals surface area contributed by atoms with E-state index in [2.05, 4.69) is 25.6 Å². The first-order valence-electron chi connectivity index (χ1n) is 11.4. The molecule has 2 aliphatic rings. The van der Waals surface area contributed by atoms with Crippen LogP contribution in [0.3, 0.4) is 0 Å². The van der Waals surface area contributed by atoms with Gasteiger partial charge in [-0.15, -0.1) is 0 Å². The zero-order chi connectivity index (χ0) is 27.6. The Morgan fingerprint density at radius 1 is 1.11 bits per heavy atom. The lowest BCUT2D eigenvalue weighted by Crippen LogP contribution is -2.39. The van der Waals surface area contributed by atoms with Gasteiger partial charge < -0.3 is 20.9 Å². The number of carbonyl (C=O) groups is 1. The van der Waals surface area contributed by atoms with Crippen molar-refractivity contribution >= 4 is 29.2 Å². The van der Waals surface area contributed by atoms with Crippen LogP contribution in [0.5, 0.6) is 0 Å². The molecule has 2 aliphatic heterocycles. The number of halogens is 6. The Bertz CT molecular complexity index is 1460. The third kappa shape index (κ3) is 3.94. The molecular formula is C24H21F6N7O. The lowest BCUT2D eigenvalue weighted by Gasteiger charge is -2.27. The van der Waals surface area contributed by atoms with Gasteiger partial charge in [0.25, 0.3) is 0 Å². The number of fused-ring (bicyclic) bond motifs is 2. The van der Waals surface area contributed by atoms with Crippen molar-refractivity contribution in [3.05, 3.63) is 64.9 Å². The van der Waals surface area contributed by atoms with Gasteiger partial charge in [0.15, 0.2) is 5.82 Å². The number of aliphatic imine (C=N–C) groups is 1. The van der Waals surface area contributed by atoms with E-state index in [9.17, 15) is 31.1 Å². The molecule has 5 rings (SSSR count). The number of amidine groups is 1. The van der Waals surface area contributed by atoms with E-state index in [0.717, 1.165) is 0 Å². The number of nitrogens with two attached hydrogens (primary N) is 1. The summed E-state index contributed by atoms with van der Waals surface area (Å²) in [5.74, 6) is -5.54. The highest BCUT2D eigenvalue weighted by molar-refractivity contribution is 6.08. The summed E-state index contributed by atoms with van der Waals surface area (Å²) in [5.41, 5.74) is 6.25. The number of hydrogen-bond acceptors (Lipinski definition) is 6. The monoisotopic (exact) mass is 537 g/mol. The topological polar surface area (TPSA) is 110 Å². The van der Waals surface area contributed by atoms with Gasteiger partial charge in [-0.05, 0) is 30.7 Å². The van der Waals surface area contributed by atoms with Crippen LogP contribution in [0.25, 0.3) is 0 Å².